The molecule has 2 aliphatic rings. The van der Waals surface area contributed by atoms with E-state index in [0.717, 1.165) is 5.92 Å². The number of rotatable bonds is 1. The molecule has 0 N–H and O–H groups in total. The molecular formula is C26H35Cl2PTi-2. The Morgan fingerprint density at radius 2 is 1.67 bits per heavy atom. The van der Waals surface area contributed by atoms with Gasteiger partial charge in [-0.2, -0.15) is 6.07 Å². The van der Waals surface area contributed by atoms with E-state index >= 15 is 0 Å². The van der Waals surface area contributed by atoms with Crippen LogP contribution >= 0.6 is 26.5 Å². The average molecular weight is 497 g/mol. The molecule has 4 rings (SSSR count). The fraction of sp³-hybridized carbons (Fsp3) is 0.462. The Balaban J connectivity index is 0.000000220. The second-order valence-corrected chi connectivity index (χ2v) is 16.3. The van der Waals surface area contributed by atoms with Crippen molar-refractivity contribution >= 4 is 42.6 Å². The van der Waals surface area contributed by atoms with E-state index in [2.05, 4.69) is 103 Å². The van der Waals surface area contributed by atoms with E-state index in [1.54, 1.807) is 10.9 Å². The van der Waals surface area contributed by atoms with Gasteiger partial charge in [-0.1, -0.05) is 62.0 Å². The summed E-state index contributed by atoms with van der Waals surface area (Å²) in [4.78, 5) is 0. The van der Waals surface area contributed by atoms with Gasteiger partial charge in [-0.25, -0.2) is 18.1 Å². The maximum atomic E-state index is 4.89. The van der Waals surface area contributed by atoms with E-state index in [0.29, 0.717) is 10.3 Å². The van der Waals surface area contributed by atoms with E-state index in [-0.39, 0.29) is 7.92 Å². The number of benzene rings is 1. The standard InChI is InChI=1S/C17H24P.C9H11.2ClH.Ti/c1-16(2,3)18(17(4,5)6)15-11-13-9-7-8-10-14(13)12-15;1-2-5-9-7-3-6-8(9)4-1;;;/h7-12H,1-6H3;1-2,4,6,9H,3,5,7H2;2*1H;/q2*-1;;;+2/p-2. The van der Waals surface area contributed by atoms with E-state index in [1.807, 2.05) is 0 Å². The summed E-state index contributed by atoms with van der Waals surface area (Å²) < 4.78 is 0. The summed E-state index contributed by atoms with van der Waals surface area (Å²) in [5.74, 6) is 0.884. The summed E-state index contributed by atoms with van der Waals surface area (Å²) in [6.07, 6.45) is 13.0. The maximum absolute atomic E-state index is 4.89. The van der Waals surface area contributed by atoms with Gasteiger partial charge < -0.3 is 0 Å². The van der Waals surface area contributed by atoms with Gasteiger partial charge in [0.05, 0.1) is 0 Å². The molecule has 0 saturated heterocycles. The van der Waals surface area contributed by atoms with Crippen LogP contribution in [0.3, 0.4) is 0 Å². The molecule has 0 spiro atoms. The number of halogens is 2. The Labute approximate surface area is 202 Å². The molecule has 0 aromatic heterocycles. The third-order valence-electron chi connectivity index (χ3n) is 5.41. The van der Waals surface area contributed by atoms with E-state index in [9.17, 15) is 0 Å². The fourth-order valence-corrected chi connectivity index (χ4v) is 8.81. The van der Waals surface area contributed by atoms with Crippen LogP contribution in [-0.4, -0.2) is 10.3 Å². The Bertz CT molecular complexity index is 805. The molecular weight excluding hydrogens is 462 g/mol. The second-order valence-electron chi connectivity index (χ2n) is 9.90. The zero-order valence-electron chi connectivity index (χ0n) is 19.2. The van der Waals surface area contributed by atoms with Crippen molar-refractivity contribution in [3.05, 3.63) is 66.6 Å². The third kappa shape index (κ3) is 7.50. The predicted molar refractivity (Wildman–Crippen MR) is 136 cm³/mol. The van der Waals surface area contributed by atoms with E-state index < -0.39 is 17.0 Å². The van der Waals surface area contributed by atoms with Crippen molar-refractivity contribution in [3.63, 3.8) is 0 Å². The molecule has 2 aliphatic carbocycles. The van der Waals surface area contributed by atoms with Gasteiger partial charge in [-0.05, 0) is 22.7 Å². The van der Waals surface area contributed by atoms with Gasteiger partial charge in [0, 0.05) is 0 Å². The van der Waals surface area contributed by atoms with Gasteiger partial charge >= 0.3 is 35.6 Å². The van der Waals surface area contributed by atoms with Crippen LogP contribution in [-0.2, 0) is 17.0 Å². The summed E-state index contributed by atoms with van der Waals surface area (Å²) in [5.41, 5.74) is 1.58. The number of hydrogen-bond acceptors (Lipinski definition) is 0. The number of hydrogen-bond donors (Lipinski definition) is 0. The van der Waals surface area contributed by atoms with Gasteiger partial charge in [0.1, 0.15) is 0 Å². The van der Waals surface area contributed by atoms with E-state index in [4.69, 9.17) is 18.6 Å². The summed E-state index contributed by atoms with van der Waals surface area (Å²) in [6, 6.07) is 13.5. The topological polar surface area (TPSA) is 0 Å². The van der Waals surface area contributed by atoms with Crippen molar-refractivity contribution < 1.29 is 17.0 Å². The first-order chi connectivity index (χ1) is 14.1. The molecule has 1 atom stereocenters. The first-order valence-corrected chi connectivity index (χ1v) is 16.3. The van der Waals surface area contributed by atoms with Gasteiger partial charge in [0.15, 0.2) is 0 Å². The molecule has 0 heterocycles. The quantitative estimate of drug-likeness (QED) is 0.209. The van der Waals surface area contributed by atoms with Crippen molar-refractivity contribution in [2.45, 2.75) is 71.1 Å². The van der Waals surface area contributed by atoms with Crippen LogP contribution in [0.25, 0.3) is 10.8 Å². The molecule has 1 saturated carbocycles. The van der Waals surface area contributed by atoms with Gasteiger partial charge in [0.2, 0.25) is 0 Å². The van der Waals surface area contributed by atoms with Crippen LogP contribution in [0.15, 0.2) is 60.2 Å². The van der Waals surface area contributed by atoms with Crippen molar-refractivity contribution in [2.24, 2.45) is 5.92 Å². The van der Waals surface area contributed by atoms with Crippen molar-refractivity contribution in [1.82, 2.24) is 0 Å². The normalized spacial score (nSPS) is 17.9. The predicted octanol–water partition coefficient (Wildman–Crippen LogP) is 9.13. The Hall–Kier alpha value is -0.0957. The van der Waals surface area contributed by atoms with Crippen LogP contribution in [0.2, 0.25) is 0 Å². The summed E-state index contributed by atoms with van der Waals surface area (Å²) in [6.45, 7) is 14.3. The van der Waals surface area contributed by atoms with Crippen LogP contribution in [0.4, 0.5) is 0 Å². The van der Waals surface area contributed by atoms with Crippen molar-refractivity contribution in [2.75, 3.05) is 0 Å². The molecule has 1 unspecified atom stereocenters. The fourth-order valence-electron chi connectivity index (χ4n) is 4.71. The van der Waals surface area contributed by atoms with Crippen LogP contribution in [0.1, 0.15) is 60.8 Å². The number of allylic oxidation sites excluding steroid dienone is 4. The Morgan fingerprint density at radius 1 is 1.03 bits per heavy atom. The first-order valence-electron chi connectivity index (χ1n) is 10.7. The SMILES string of the molecule is C1=CCC2CC[CH-]C2=C1.CC(C)(C)P(c1cc2ccccc2[cH-]1)C(C)(C)C.[Cl][Ti][Cl]. The van der Waals surface area contributed by atoms with E-state index in [1.165, 1.54) is 30.0 Å². The minimum absolute atomic E-state index is 0.185. The first kappa shape index (κ1) is 26.2. The molecule has 4 heteroatoms. The van der Waals surface area contributed by atoms with Crippen molar-refractivity contribution in [1.29, 1.82) is 0 Å². The van der Waals surface area contributed by atoms with Gasteiger partial charge in [0.25, 0.3) is 0 Å². The molecule has 0 amide bonds. The van der Waals surface area contributed by atoms with Crippen molar-refractivity contribution in [3.8, 4) is 0 Å². The van der Waals surface area contributed by atoms with Crippen LogP contribution in [0, 0.1) is 12.3 Å². The average Bonchev–Trinajstić information content (AvgIpc) is 3.26. The molecule has 0 aliphatic heterocycles. The molecule has 0 radical (unpaired) electrons. The monoisotopic (exact) mass is 496 g/mol. The number of fused-ring (bicyclic) bond motifs is 2. The second kappa shape index (κ2) is 11.7. The molecule has 0 bridgehead atoms. The van der Waals surface area contributed by atoms with Gasteiger partial charge in [-0.15, -0.1) is 58.9 Å². The molecule has 1 fully saturated rings. The molecule has 2 aromatic rings. The zero-order valence-corrected chi connectivity index (χ0v) is 23.1. The minimum atomic E-state index is -0.556. The summed E-state index contributed by atoms with van der Waals surface area (Å²) in [5, 5.41) is 5.00. The zero-order chi connectivity index (χ0) is 22.4. The van der Waals surface area contributed by atoms with Gasteiger partial charge in [-0.3, -0.25) is 0 Å². The molecule has 2 aromatic carbocycles. The third-order valence-corrected chi connectivity index (χ3v) is 8.87. The molecule has 0 nitrogen and oxygen atoms in total. The Morgan fingerprint density at radius 3 is 2.23 bits per heavy atom. The summed E-state index contributed by atoms with van der Waals surface area (Å²) >= 11 is -0.556. The Kier molecular flexibility index (Phi) is 10.2. The molecule has 30 heavy (non-hydrogen) atoms. The van der Waals surface area contributed by atoms with Crippen LogP contribution in [0.5, 0.6) is 0 Å². The summed E-state index contributed by atoms with van der Waals surface area (Å²) in [7, 11) is 9.59. The van der Waals surface area contributed by atoms with Crippen LogP contribution < -0.4 is 5.30 Å². The molecule has 164 valence electrons.